The van der Waals surface area contributed by atoms with E-state index in [1.807, 2.05) is 76.2 Å². The van der Waals surface area contributed by atoms with Crippen LogP contribution < -0.4 is 15.0 Å². The van der Waals surface area contributed by atoms with Gasteiger partial charge >= 0.3 is 0 Å². The van der Waals surface area contributed by atoms with Crippen LogP contribution in [0.4, 0.5) is 11.4 Å². The number of imide groups is 1. The Morgan fingerprint density at radius 2 is 1.58 bits per heavy atom. The van der Waals surface area contributed by atoms with Gasteiger partial charge in [-0.05, 0) is 56.5 Å². The summed E-state index contributed by atoms with van der Waals surface area (Å²) in [7, 11) is 0. The number of carbonyl (C=O) groups excluding carboxylic acids is 2. The molecule has 0 bridgehead atoms. The van der Waals surface area contributed by atoms with E-state index in [1.54, 1.807) is 18.2 Å². The van der Waals surface area contributed by atoms with Gasteiger partial charge in [-0.3, -0.25) is 9.59 Å². The van der Waals surface area contributed by atoms with Crippen LogP contribution in [0.3, 0.4) is 0 Å². The lowest BCUT2D eigenvalue weighted by molar-refractivity contribution is -0.120. The molecule has 1 aliphatic heterocycles. The summed E-state index contributed by atoms with van der Waals surface area (Å²) in [6.07, 6.45) is 0.870. The van der Waals surface area contributed by atoms with E-state index in [4.69, 9.17) is 4.74 Å². The fourth-order valence-corrected chi connectivity index (χ4v) is 3.89. The number of rotatable bonds is 7. The third-order valence-electron chi connectivity index (χ3n) is 5.61. The second-order valence-corrected chi connectivity index (χ2v) is 8.35. The topological polar surface area (TPSA) is 58.6 Å². The highest BCUT2D eigenvalue weighted by Gasteiger charge is 2.40. The first-order chi connectivity index (χ1) is 15.9. The number of carbonyl (C=O) groups is 2. The Hall–Kier alpha value is -3.86. The molecular formula is C28H28N2O3. The average molecular weight is 441 g/mol. The number of nitrogens with zero attached hydrogens (tertiary/aromatic N) is 1. The van der Waals surface area contributed by atoms with E-state index in [-0.39, 0.29) is 17.5 Å². The SMILES string of the molecule is CCCOc1cccc(N2C(=O)C(Nc3ccc(C)cc3C)=C(c3ccc(C)cc3)C2=O)c1. The maximum absolute atomic E-state index is 13.6. The second-order valence-electron chi connectivity index (χ2n) is 8.35. The molecule has 0 spiro atoms. The molecule has 1 heterocycles. The van der Waals surface area contributed by atoms with Gasteiger partial charge in [0.25, 0.3) is 11.8 Å². The number of hydrogen-bond acceptors (Lipinski definition) is 4. The molecule has 33 heavy (non-hydrogen) atoms. The van der Waals surface area contributed by atoms with Gasteiger partial charge in [0.2, 0.25) is 0 Å². The summed E-state index contributed by atoms with van der Waals surface area (Å²) in [6.45, 7) is 8.59. The molecule has 5 heteroatoms. The lowest BCUT2D eigenvalue weighted by Crippen LogP contribution is -2.32. The molecule has 168 valence electrons. The number of ether oxygens (including phenoxy) is 1. The molecule has 5 nitrogen and oxygen atoms in total. The Labute approximate surface area is 194 Å². The van der Waals surface area contributed by atoms with Crippen LogP contribution in [0.1, 0.15) is 35.6 Å². The summed E-state index contributed by atoms with van der Waals surface area (Å²) in [6, 6.07) is 20.7. The summed E-state index contributed by atoms with van der Waals surface area (Å²) < 4.78 is 5.72. The molecule has 0 aliphatic carbocycles. The Balaban J connectivity index is 1.78. The fourth-order valence-electron chi connectivity index (χ4n) is 3.89. The van der Waals surface area contributed by atoms with E-state index in [9.17, 15) is 9.59 Å². The van der Waals surface area contributed by atoms with Gasteiger partial charge < -0.3 is 10.1 Å². The summed E-state index contributed by atoms with van der Waals surface area (Å²) in [5, 5.41) is 3.26. The third kappa shape index (κ3) is 4.53. The van der Waals surface area contributed by atoms with Crippen LogP contribution in [-0.4, -0.2) is 18.4 Å². The lowest BCUT2D eigenvalue weighted by Gasteiger charge is -2.17. The molecule has 4 rings (SSSR count). The van der Waals surface area contributed by atoms with Crippen molar-refractivity contribution in [3.8, 4) is 5.75 Å². The number of amides is 2. The van der Waals surface area contributed by atoms with Crippen LogP contribution in [0, 0.1) is 20.8 Å². The van der Waals surface area contributed by atoms with Crippen molar-refractivity contribution >= 4 is 28.8 Å². The molecule has 0 radical (unpaired) electrons. The zero-order chi connectivity index (χ0) is 23.5. The van der Waals surface area contributed by atoms with Crippen molar-refractivity contribution in [1.82, 2.24) is 0 Å². The fraction of sp³-hybridized carbons (Fsp3) is 0.214. The summed E-state index contributed by atoms with van der Waals surface area (Å²) in [4.78, 5) is 28.5. The molecule has 3 aromatic rings. The smallest absolute Gasteiger partial charge is 0.282 e. The lowest BCUT2D eigenvalue weighted by atomic mass is 10.0. The maximum Gasteiger partial charge on any atom is 0.282 e. The predicted molar refractivity (Wildman–Crippen MR) is 132 cm³/mol. The average Bonchev–Trinajstić information content (AvgIpc) is 3.04. The highest BCUT2D eigenvalue weighted by molar-refractivity contribution is 6.46. The number of anilines is 2. The normalized spacial score (nSPS) is 13.6. The van der Waals surface area contributed by atoms with Crippen LogP contribution in [0.25, 0.3) is 5.57 Å². The predicted octanol–water partition coefficient (Wildman–Crippen LogP) is 5.80. The van der Waals surface area contributed by atoms with Crippen LogP contribution >= 0.6 is 0 Å². The highest BCUT2D eigenvalue weighted by Crippen LogP contribution is 2.35. The van der Waals surface area contributed by atoms with E-state index >= 15 is 0 Å². The van der Waals surface area contributed by atoms with Crippen LogP contribution in [-0.2, 0) is 9.59 Å². The zero-order valence-corrected chi connectivity index (χ0v) is 19.4. The van der Waals surface area contributed by atoms with Crippen molar-refractivity contribution in [2.45, 2.75) is 34.1 Å². The van der Waals surface area contributed by atoms with Crippen molar-refractivity contribution in [2.75, 3.05) is 16.8 Å². The first-order valence-electron chi connectivity index (χ1n) is 11.2. The quantitative estimate of drug-likeness (QED) is 0.472. The Bertz CT molecular complexity index is 1240. The van der Waals surface area contributed by atoms with Crippen LogP contribution in [0.2, 0.25) is 0 Å². The van der Waals surface area contributed by atoms with Crippen molar-refractivity contribution in [3.05, 3.63) is 94.7 Å². The van der Waals surface area contributed by atoms with Gasteiger partial charge in [0.15, 0.2) is 0 Å². The Morgan fingerprint density at radius 1 is 0.848 bits per heavy atom. The largest absolute Gasteiger partial charge is 0.494 e. The van der Waals surface area contributed by atoms with Crippen molar-refractivity contribution in [1.29, 1.82) is 0 Å². The van der Waals surface area contributed by atoms with Gasteiger partial charge in [-0.25, -0.2) is 4.90 Å². The van der Waals surface area contributed by atoms with E-state index < -0.39 is 0 Å². The monoisotopic (exact) mass is 440 g/mol. The third-order valence-corrected chi connectivity index (χ3v) is 5.61. The number of hydrogen-bond donors (Lipinski definition) is 1. The van der Waals surface area contributed by atoms with Crippen LogP contribution in [0.15, 0.2) is 72.4 Å². The molecule has 0 aromatic heterocycles. The molecule has 1 aliphatic rings. The minimum atomic E-state index is -0.386. The van der Waals surface area contributed by atoms with Gasteiger partial charge in [-0.2, -0.15) is 0 Å². The van der Waals surface area contributed by atoms with Gasteiger partial charge in [0.05, 0.1) is 17.9 Å². The number of nitrogens with one attached hydrogen (secondary N) is 1. The highest BCUT2D eigenvalue weighted by atomic mass is 16.5. The first kappa shape index (κ1) is 22.3. The van der Waals surface area contributed by atoms with E-state index in [0.29, 0.717) is 29.2 Å². The standard InChI is InChI=1S/C28H28N2O3/c1-5-15-33-23-8-6-7-22(17-23)30-27(31)25(21-12-9-18(2)10-13-21)26(28(30)32)29-24-14-11-19(3)16-20(24)4/h6-14,16-17,29H,5,15H2,1-4H3. The summed E-state index contributed by atoms with van der Waals surface area (Å²) in [5.41, 5.74) is 5.83. The van der Waals surface area contributed by atoms with E-state index in [0.717, 1.165) is 28.8 Å². The van der Waals surface area contributed by atoms with E-state index in [1.165, 1.54) is 4.90 Å². The molecule has 0 atom stereocenters. The first-order valence-corrected chi connectivity index (χ1v) is 11.2. The molecule has 2 amide bonds. The minimum absolute atomic E-state index is 0.274. The molecule has 3 aromatic carbocycles. The molecule has 0 fully saturated rings. The Morgan fingerprint density at radius 3 is 2.27 bits per heavy atom. The van der Waals surface area contributed by atoms with Gasteiger partial charge in [-0.1, -0.05) is 60.5 Å². The van der Waals surface area contributed by atoms with Crippen LogP contribution in [0.5, 0.6) is 5.75 Å². The van der Waals surface area contributed by atoms with E-state index in [2.05, 4.69) is 5.32 Å². The Kier molecular flexibility index (Phi) is 6.31. The molecule has 1 N–H and O–H groups in total. The number of benzene rings is 3. The second kappa shape index (κ2) is 9.33. The summed E-state index contributed by atoms with van der Waals surface area (Å²) in [5.74, 6) is -0.116. The maximum atomic E-state index is 13.6. The van der Waals surface area contributed by atoms with Crippen molar-refractivity contribution < 1.29 is 14.3 Å². The van der Waals surface area contributed by atoms with Gasteiger partial charge in [-0.15, -0.1) is 0 Å². The summed E-state index contributed by atoms with van der Waals surface area (Å²) >= 11 is 0. The molecule has 0 saturated carbocycles. The number of aryl methyl sites for hydroxylation is 3. The van der Waals surface area contributed by atoms with Crippen molar-refractivity contribution in [2.24, 2.45) is 0 Å². The van der Waals surface area contributed by atoms with Gasteiger partial charge in [0.1, 0.15) is 11.4 Å². The van der Waals surface area contributed by atoms with Gasteiger partial charge in [0, 0.05) is 11.8 Å². The van der Waals surface area contributed by atoms with Crippen molar-refractivity contribution in [3.63, 3.8) is 0 Å². The molecular weight excluding hydrogens is 412 g/mol. The molecule has 0 unspecified atom stereocenters. The minimum Gasteiger partial charge on any atom is -0.494 e. The zero-order valence-electron chi connectivity index (χ0n) is 19.4. The molecule has 0 saturated heterocycles.